The SMILES string of the molecule is CCOc1ccccc1OCC(=O)NN1C(=O)N[C@@](C)(c2ccc(OC)cc2)C1=O. The summed E-state index contributed by atoms with van der Waals surface area (Å²) >= 11 is 0. The Kier molecular flexibility index (Phi) is 6.10. The minimum atomic E-state index is -1.32. The van der Waals surface area contributed by atoms with E-state index < -0.39 is 30.0 Å². The van der Waals surface area contributed by atoms with Crippen LogP contribution < -0.4 is 25.0 Å². The van der Waals surface area contributed by atoms with E-state index in [-0.39, 0.29) is 0 Å². The lowest BCUT2D eigenvalue weighted by Crippen LogP contribution is -2.49. The summed E-state index contributed by atoms with van der Waals surface area (Å²) in [5, 5.41) is 3.27. The second-order valence-corrected chi connectivity index (χ2v) is 6.63. The number of amides is 4. The highest BCUT2D eigenvalue weighted by Crippen LogP contribution is 2.29. The Balaban J connectivity index is 1.66. The van der Waals surface area contributed by atoms with Crippen molar-refractivity contribution in [1.29, 1.82) is 0 Å². The molecular weight excluding hydrogens is 390 g/mol. The van der Waals surface area contributed by atoms with Crippen molar-refractivity contribution in [2.45, 2.75) is 19.4 Å². The first kappa shape index (κ1) is 21.0. The molecule has 0 saturated carbocycles. The number of methoxy groups -OCH3 is 1. The van der Waals surface area contributed by atoms with E-state index in [9.17, 15) is 14.4 Å². The van der Waals surface area contributed by atoms with E-state index in [4.69, 9.17) is 14.2 Å². The van der Waals surface area contributed by atoms with Crippen LogP contribution >= 0.6 is 0 Å². The Labute approximate surface area is 173 Å². The van der Waals surface area contributed by atoms with Crippen LogP contribution in [0.1, 0.15) is 19.4 Å². The summed E-state index contributed by atoms with van der Waals surface area (Å²) in [5.41, 5.74) is 1.53. The van der Waals surface area contributed by atoms with Gasteiger partial charge in [0, 0.05) is 0 Å². The number of hydrogen-bond donors (Lipinski definition) is 2. The van der Waals surface area contributed by atoms with Crippen LogP contribution in [0.25, 0.3) is 0 Å². The fraction of sp³-hybridized carbons (Fsp3) is 0.286. The number of hydrogen-bond acceptors (Lipinski definition) is 6. The van der Waals surface area contributed by atoms with Crippen molar-refractivity contribution in [1.82, 2.24) is 15.8 Å². The number of benzene rings is 2. The third-order valence-corrected chi connectivity index (χ3v) is 4.60. The number of carbonyl (C=O) groups is 3. The number of imide groups is 1. The predicted octanol–water partition coefficient (Wildman–Crippen LogP) is 1.97. The van der Waals surface area contributed by atoms with Crippen LogP contribution in [0.4, 0.5) is 4.79 Å². The molecule has 0 aliphatic carbocycles. The highest BCUT2D eigenvalue weighted by atomic mass is 16.5. The van der Waals surface area contributed by atoms with E-state index in [1.807, 2.05) is 6.92 Å². The zero-order valence-corrected chi connectivity index (χ0v) is 16.9. The molecular formula is C21H23N3O6. The molecule has 2 aromatic carbocycles. The first-order chi connectivity index (χ1) is 14.4. The normalized spacial score (nSPS) is 18.0. The molecule has 0 radical (unpaired) electrons. The quantitative estimate of drug-likeness (QED) is 0.641. The van der Waals surface area contributed by atoms with Crippen LogP contribution in [0, 0.1) is 0 Å². The Bertz CT molecular complexity index is 946. The van der Waals surface area contributed by atoms with Gasteiger partial charge in [-0.3, -0.25) is 15.0 Å². The Morgan fingerprint density at radius 3 is 2.30 bits per heavy atom. The van der Waals surface area contributed by atoms with Gasteiger partial charge in [0.2, 0.25) is 0 Å². The number of urea groups is 1. The van der Waals surface area contributed by atoms with Gasteiger partial charge in [0.1, 0.15) is 11.3 Å². The van der Waals surface area contributed by atoms with Gasteiger partial charge in [0.15, 0.2) is 18.1 Å². The number of rotatable bonds is 8. The molecule has 0 unspecified atom stereocenters. The van der Waals surface area contributed by atoms with Crippen LogP contribution in [0.5, 0.6) is 17.2 Å². The largest absolute Gasteiger partial charge is 0.497 e. The number of carbonyl (C=O) groups excluding carboxylic acids is 3. The highest BCUT2D eigenvalue weighted by molar-refractivity contribution is 6.08. The average molecular weight is 413 g/mol. The molecule has 1 aliphatic rings. The van der Waals surface area contributed by atoms with Crippen LogP contribution in [-0.4, -0.2) is 43.2 Å². The summed E-state index contributed by atoms with van der Waals surface area (Å²) in [7, 11) is 1.53. The number of hydrazine groups is 1. The maximum atomic E-state index is 12.9. The third-order valence-electron chi connectivity index (χ3n) is 4.60. The molecule has 0 bridgehead atoms. The molecule has 2 aromatic rings. The van der Waals surface area contributed by atoms with Crippen molar-refractivity contribution >= 4 is 17.8 Å². The summed E-state index contributed by atoms with van der Waals surface area (Å²) < 4.78 is 16.0. The lowest BCUT2D eigenvalue weighted by Gasteiger charge is -2.22. The number of nitrogens with zero attached hydrogens (tertiary/aromatic N) is 1. The van der Waals surface area contributed by atoms with Gasteiger partial charge in [0.05, 0.1) is 13.7 Å². The summed E-state index contributed by atoms with van der Waals surface area (Å²) in [4.78, 5) is 37.5. The van der Waals surface area contributed by atoms with E-state index in [1.54, 1.807) is 55.5 Å². The molecule has 1 atom stereocenters. The zero-order chi connectivity index (χ0) is 21.7. The second kappa shape index (κ2) is 8.73. The number of ether oxygens (including phenoxy) is 3. The van der Waals surface area contributed by atoms with Crippen LogP contribution in [0.3, 0.4) is 0 Å². The summed E-state index contributed by atoms with van der Waals surface area (Å²) in [6.45, 7) is 3.44. The first-order valence-electron chi connectivity index (χ1n) is 9.34. The van der Waals surface area contributed by atoms with Gasteiger partial charge in [-0.05, 0) is 43.7 Å². The van der Waals surface area contributed by atoms with Gasteiger partial charge in [-0.25, -0.2) is 4.79 Å². The Morgan fingerprint density at radius 1 is 1.07 bits per heavy atom. The molecule has 1 fully saturated rings. The number of para-hydroxylation sites is 2. The van der Waals surface area contributed by atoms with Crippen molar-refractivity contribution in [3.8, 4) is 17.2 Å². The molecule has 2 N–H and O–H groups in total. The van der Waals surface area contributed by atoms with E-state index in [0.717, 1.165) is 0 Å². The molecule has 0 spiro atoms. The fourth-order valence-corrected chi connectivity index (χ4v) is 3.01. The summed E-state index contributed by atoms with van der Waals surface area (Å²) in [6, 6.07) is 12.9. The predicted molar refractivity (Wildman–Crippen MR) is 107 cm³/mol. The smallest absolute Gasteiger partial charge is 0.344 e. The standard InChI is InChI=1S/C21H23N3O6/c1-4-29-16-7-5-6-8-17(16)30-13-18(25)23-24-19(26)21(2,22-20(24)27)14-9-11-15(28-3)12-10-14/h5-12H,4,13H2,1-3H3,(H,22,27)(H,23,25)/t21-/m0/s1. The molecule has 4 amide bonds. The lowest BCUT2D eigenvalue weighted by molar-refractivity contribution is -0.139. The monoisotopic (exact) mass is 413 g/mol. The molecule has 30 heavy (non-hydrogen) atoms. The molecule has 1 saturated heterocycles. The van der Waals surface area contributed by atoms with Gasteiger partial charge in [-0.1, -0.05) is 24.3 Å². The maximum Gasteiger partial charge on any atom is 0.344 e. The molecule has 9 nitrogen and oxygen atoms in total. The van der Waals surface area contributed by atoms with E-state index in [0.29, 0.717) is 34.4 Å². The summed E-state index contributed by atoms with van der Waals surface area (Å²) in [6.07, 6.45) is 0. The van der Waals surface area contributed by atoms with Gasteiger partial charge < -0.3 is 19.5 Å². The molecule has 0 aromatic heterocycles. The van der Waals surface area contributed by atoms with E-state index >= 15 is 0 Å². The highest BCUT2D eigenvalue weighted by Gasteiger charge is 2.50. The Hall–Kier alpha value is -3.75. The molecule has 1 aliphatic heterocycles. The zero-order valence-electron chi connectivity index (χ0n) is 16.9. The van der Waals surface area contributed by atoms with Crippen LogP contribution in [0.15, 0.2) is 48.5 Å². The van der Waals surface area contributed by atoms with Crippen molar-refractivity contribution in [3.05, 3.63) is 54.1 Å². The molecule has 9 heteroatoms. The van der Waals surface area contributed by atoms with E-state index in [2.05, 4.69) is 10.7 Å². The Morgan fingerprint density at radius 2 is 1.70 bits per heavy atom. The van der Waals surface area contributed by atoms with Crippen molar-refractivity contribution in [3.63, 3.8) is 0 Å². The second-order valence-electron chi connectivity index (χ2n) is 6.63. The topological polar surface area (TPSA) is 106 Å². The third kappa shape index (κ3) is 4.14. The van der Waals surface area contributed by atoms with Crippen LogP contribution in [-0.2, 0) is 15.1 Å². The molecule has 158 valence electrons. The summed E-state index contributed by atoms with van der Waals surface area (Å²) in [5.74, 6) is 0.225. The maximum absolute atomic E-state index is 12.9. The van der Waals surface area contributed by atoms with Crippen molar-refractivity contribution in [2.24, 2.45) is 0 Å². The lowest BCUT2D eigenvalue weighted by atomic mass is 9.92. The molecule has 3 rings (SSSR count). The van der Waals surface area contributed by atoms with Crippen molar-refractivity contribution < 1.29 is 28.6 Å². The first-order valence-corrected chi connectivity index (χ1v) is 9.34. The van der Waals surface area contributed by atoms with Gasteiger partial charge >= 0.3 is 6.03 Å². The van der Waals surface area contributed by atoms with Gasteiger partial charge in [-0.2, -0.15) is 5.01 Å². The van der Waals surface area contributed by atoms with E-state index in [1.165, 1.54) is 7.11 Å². The number of nitrogens with one attached hydrogen (secondary N) is 2. The van der Waals surface area contributed by atoms with Crippen LogP contribution in [0.2, 0.25) is 0 Å². The van der Waals surface area contributed by atoms with Gasteiger partial charge in [0.25, 0.3) is 11.8 Å². The van der Waals surface area contributed by atoms with Crippen molar-refractivity contribution in [2.75, 3.05) is 20.3 Å². The minimum Gasteiger partial charge on any atom is -0.497 e. The van der Waals surface area contributed by atoms with Gasteiger partial charge in [-0.15, -0.1) is 0 Å². The average Bonchev–Trinajstić information content (AvgIpc) is 2.97. The minimum absolute atomic E-state index is 0.384. The molecule has 1 heterocycles. The fourth-order valence-electron chi connectivity index (χ4n) is 3.01.